The Bertz CT molecular complexity index is 372. The molecule has 0 saturated carbocycles. The predicted molar refractivity (Wildman–Crippen MR) is 71.4 cm³/mol. The minimum Gasteiger partial charge on any atom is -0.481 e. The van der Waals surface area contributed by atoms with Crippen LogP contribution in [0, 0.1) is 5.92 Å². The van der Waals surface area contributed by atoms with Crippen LogP contribution in [0.2, 0.25) is 0 Å². The number of carboxylic acid groups (broad SMARTS) is 2. The van der Waals surface area contributed by atoms with Gasteiger partial charge in [0.25, 0.3) is 0 Å². The fourth-order valence-corrected chi connectivity index (χ4v) is 2.43. The Hall–Kier alpha value is -1.79. The van der Waals surface area contributed by atoms with Crippen LogP contribution in [-0.4, -0.2) is 52.2 Å². The second kappa shape index (κ2) is 7.72. The maximum absolute atomic E-state index is 12.0. The highest BCUT2D eigenvalue weighted by atomic mass is 16.4. The van der Waals surface area contributed by atoms with Gasteiger partial charge in [0.1, 0.15) is 6.04 Å². The summed E-state index contributed by atoms with van der Waals surface area (Å²) in [6.45, 7) is 3.36. The Morgan fingerprint density at radius 3 is 2.60 bits per heavy atom. The van der Waals surface area contributed by atoms with Gasteiger partial charge in [0, 0.05) is 19.5 Å². The third-order valence-electron chi connectivity index (χ3n) is 3.51. The van der Waals surface area contributed by atoms with Gasteiger partial charge in [-0.1, -0.05) is 13.3 Å². The quantitative estimate of drug-likeness (QED) is 0.650. The van der Waals surface area contributed by atoms with Crippen molar-refractivity contribution in [3.05, 3.63) is 0 Å². The van der Waals surface area contributed by atoms with Crippen LogP contribution in [0.15, 0.2) is 0 Å². The lowest BCUT2D eigenvalue weighted by molar-refractivity contribution is -0.140. The number of carboxylic acids is 2. The summed E-state index contributed by atoms with van der Waals surface area (Å²) < 4.78 is 0. The van der Waals surface area contributed by atoms with E-state index in [2.05, 4.69) is 12.2 Å². The first kappa shape index (κ1) is 16.3. The third-order valence-corrected chi connectivity index (χ3v) is 3.51. The van der Waals surface area contributed by atoms with Crippen LogP contribution in [0.25, 0.3) is 0 Å². The summed E-state index contributed by atoms with van der Waals surface area (Å²) in [7, 11) is 0. The topological polar surface area (TPSA) is 107 Å². The number of nitrogens with one attached hydrogen (secondary N) is 1. The molecule has 1 rings (SSSR count). The Kier molecular flexibility index (Phi) is 6.27. The van der Waals surface area contributed by atoms with E-state index in [-0.39, 0.29) is 12.8 Å². The fourth-order valence-electron chi connectivity index (χ4n) is 2.43. The van der Waals surface area contributed by atoms with E-state index in [4.69, 9.17) is 10.2 Å². The standard InChI is InChI=1S/C13H22N2O5/c1-2-3-9-6-7-15(8-9)13(20)14-10(12(18)19)4-5-11(16)17/h9-10H,2-8H2,1H3,(H,14,20)(H,16,17)(H,18,19)/t9?,10-/m0/s1. The number of nitrogens with zero attached hydrogens (tertiary/aromatic N) is 1. The summed E-state index contributed by atoms with van der Waals surface area (Å²) >= 11 is 0. The fraction of sp³-hybridized carbons (Fsp3) is 0.769. The monoisotopic (exact) mass is 286 g/mol. The van der Waals surface area contributed by atoms with Crippen molar-refractivity contribution in [3.8, 4) is 0 Å². The Morgan fingerprint density at radius 1 is 1.35 bits per heavy atom. The summed E-state index contributed by atoms with van der Waals surface area (Å²) in [6.07, 6.45) is 2.67. The average Bonchev–Trinajstić information content (AvgIpc) is 2.82. The van der Waals surface area contributed by atoms with E-state index < -0.39 is 24.0 Å². The lowest BCUT2D eigenvalue weighted by Crippen LogP contribution is -2.47. The molecule has 2 amide bonds. The molecule has 1 unspecified atom stereocenters. The van der Waals surface area contributed by atoms with E-state index in [0.29, 0.717) is 19.0 Å². The Balaban J connectivity index is 2.46. The number of likely N-dealkylation sites (tertiary alicyclic amines) is 1. The van der Waals surface area contributed by atoms with Crippen LogP contribution < -0.4 is 5.32 Å². The summed E-state index contributed by atoms with van der Waals surface area (Å²) in [5.74, 6) is -1.80. The van der Waals surface area contributed by atoms with Gasteiger partial charge in [-0.2, -0.15) is 0 Å². The molecule has 1 saturated heterocycles. The number of amides is 2. The van der Waals surface area contributed by atoms with E-state index in [1.807, 2.05) is 0 Å². The lowest BCUT2D eigenvalue weighted by Gasteiger charge is -2.20. The molecule has 3 N–H and O–H groups in total. The maximum atomic E-state index is 12.0. The van der Waals surface area contributed by atoms with Crippen LogP contribution in [0.5, 0.6) is 0 Å². The number of hydrogen-bond acceptors (Lipinski definition) is 3. The molecule has 7 heteroatoms. The molecule has 0 radical (unpaired) electrons. The predicted octanol–water partition coefficient (Wildman–Crippen LogP) is 1.14. The number of aliphatic carboxylic acids is 2. The van der Waals surface area contributed by atoms with Gasteiger partial charge in [0.15, 0.2) is 0 Å². The van der Waals surface area contributed by atoms with Crippen molar-refractivity contribution >= 4 is 18.0 Å². The molecule has 0 aromatic rings. The zero-order chi connectivity index (χ0) is 15.1. The minimum atomic E-state index is -1.20. The molecule has 1 aliphatic rings. The lowest BCUT2D eigenvalue weighted by atomic mass is 10.0. The first-order chi connectivity index (χ1) is 9.43. The molecule has 0 aromatic carbocycles. The van der Waals surface area contributed by atoms with Crippen molar-refractivity contribution in [1.29, 1.82) is 0 Å². The molecule has 114 valence electrons. The molecule has 1 fully saturated rings. The highest BCUT2D eigenvalue weighted by Crippen LogP contribution is 2.20. The molecular weight excluding hydrogens is 264 g/mol. The highest BCUT2D eigenvalue weighted by Gasteiger charge is 2.28. The second-order valence-corrected chi connectivity index (χ2v) is 5.16. The zero-order valence-electron chi connectivity index (χ0n) is 11.7. The smallest absolute Gasteiger partial charge is 0.326 e. The summed E-state index contributed by atoms with van der Waals surface area (Å²) in [5.41, 5.74) is 0. The van der Waals surface area contributed by atoms with Crippen molar-refractivity contribution in [2.24, 2.45) is 5.92 Å². The number of hydrogen-bond donors (Lipinski definition) is 3. The van der Waals surface area contributed by atoms with Gasteiger partial charge in [0.2, 0.25) is 0 Å². The van der Waals surface area contributed by atoms with Gasteiger partial charge in [-0.25, -0.2) is 9.59 Å². The molecule has 0 aromatic heterocycles. The number of carbonyl (C=O) groups is 3. The van der Waals surface area contributed by atoms with Gasteiger partial charge in [-0.15, -0.1) is 0 Å². The van der Waals surface area contributed by atoms with Crippen LogP contribution in [0.4, 0.5) is 4.79 Å². The van der Waals surface area contributed by atoms with E-state index in [9.17, 15) is 14.4 Å². The van der Waals surface area contributed by atoms with Crippen LogP contribution in [0.3, 0.4) is 0 Å². The largest absolute Gasteiger partial charge is 0.481 e. The molecule has 0 spiro atoms. The maximum Gasteiger partial charge on any atom is 0.326 e. The zero-order valence-corrected chi connectivity index (χ0v) is 11.7. The minimum absolute atomic E-state index is 0.108. The van der Waals surface area contributed by atoms with Crippen molar-refractivity contribution in [2.45, 2.75) is 45.1 Å². The summed E-state index contributed by atoms with van der Waals surface area (Å²) in [6, 6.07) is -1.56. The molecule has 20 heavy (non-hydrogen) atoms. The molecule has 0 aliphatic carbocycles. The third kappa shape index (κ3) is 5.07. The van der Waals surface area contributed by atoms with Crippen molar-refractivity contribution in [1.82, 2.24) is 10.2 Å². The van der Waals surface area contributed by atoms with Gasteiger partial charge in [0.05, 0.1) is 0 Å². The molecule has 0 bridgehead atoms. The number of urea groups is 1. The normalized spacial score (nSPS) is 19.6. The van der Waals surface area contributed by atoms with E-state index in [1.54, 1.807) is 4.90 Å². The second-order valence-electron chi connectivity index (χ2n) is 5.16. The SMILES string of the molecule is CCCC1CCN(C(=O)N[C@@H](CCC(=O)O)C(=O)O)C1. The number of rotatable bonds is 7. The van der Waals surface area contributed by atoms with Crippen molar-refractivity contribution in [2.75, 3.05) is 13.1 Å². The van der Waals surface area contributed by atoms with Gasteiger partial charge in [-0.05, 0) is 25.2 Å². The van der Waals surface area contributed by atoms with Crippen LogP contribution in [0.1, 0.15) is 39.0 Å². The Labute approximate surface area is 117 Å². The number of carbonyl (C=O) groups excluding carboxylic acids is 1. The summed E-state index contributed by atoms with van der Waals surface area (Å²) in [5, 5.41) is 20.0. The highest BCUT2D eigenvalue weighted by molar-refractivity contribution is 5.83. The van der Waals surface area contributed by atoms with Crippen LogP contribution in [-0.2, 0) is 9.59 Å². The summed E-state index contributed by atoms with van der Waals surface area (Å²) in [4.78, 5) is 35.0. The van der Waals surface area contributed by atoms with E-state index in [1.165, 1.54) is 0 Å². The Morgan fingerprint density at radius 2 is 2.05 bits per heavy atom. The first-order valence-electron chi connectivity index (χ1n) is 6.94. The van der Waals surface area contributed by atoms with Gasteiger partial charge < -0.3 is 20.4 Å². The molecule has 1 heterocycles. The molecule has 2 atom stereocenters. The molecule has 1 aliphatic heterocycles. The van der Waals surface area contributed by atoms with E-state index >= 15 is 0 Å². The van der Waals surface area contributed by atoms with Crippen molar-refractivity contribution < 1.29 is 24.6 Å². The average molecular weight is 286 g/mol. The van der Waals surface area contributed by atoms with Crippen LogP contribution >= 0.6 is 0 Å². The van der Waals surface area contributed by atoms with Crippen molar-refractivity contribution in [3.63, 3.8) is 0 Å². The molecule has 7 nitrogen and oxygen atoms in total. The molecular formula is C13H22N2O5. The van der Waals surface area contributed by atoms with Gasteiger partial charge >= 0.3 is 18.0 Å². The van der Waals surface area contributed by atoms with Gasteiger partial charge in [-0.3, -0.25) is 4.79 Å². The first-order valence-corrected chi connectivity index (χ1v) is 6.94. The van der Waals surface area contributed by atoms with E-state index in [0.717, 1.165) is 19.3 Å².